The molecule has 1 N–H and O–H groups in total. The smallest absolute Gasteiger partial charge is 0.227 e. The van der Waals surface area contributed by atoms with Gasteiger partial charge in [-0.25, -0.2) is 0 Å². The number of thiophene rings is 1. The molecule has 0 radical (unpaired) electrons. The summed E-state index contributed by atoms with van der Waals surface area (Å²) in [6, 6.07) is 11.1. The first-order valence-corrected chi connectivity index (χ1v) is 8.51. The lowest BCUT2D eigenvalue weighted by Crippen LogP contribution is -2.12. The average Bonchev–Trinajstić information content (AvgIpc) is 3.26. The lowest BCUT2D eigenvalue weighted by molar-refractivity contribution is -0.116. The molecule has 24 heavy (non-hydrogen) atoms. The minimum Gasteiger partial charge on any atom is -0.494 e. The number of nitrogens with one attached hydrogen (secondary N) is 1. The van der Waals surface area contributed by atoms with Gasteiger partial charge in [-0.05, 0) is 42.6 Å². The van der Waals surface area contributed by atoms with E-state index in [9.17, 15) is 4.79 Å². The summed E-state index contributed by atoms with van der Waals surface area (Å²) in [5.41, 5.74) is 0.730. The third-order valence-electron chi connectivity index (χ3n) is 3.22. The monoisotopic (exact) mass is 343 g/mol. The number of rotatable bonds is 7. The number of nitrogens with zero attached hydrogens (tertiary/aromatic N) is 2. The molecule has 1 amide bonds. The van der Waals surface area contributed by atoms with E-state index in [1.165, 1.54) is 0 Å². The number of benzene rings is 1. The molecule has 124 valence electrons. The molecule has 3 rings (SSSR count). The van der Waals surface area contributed by atoms with E-state index in [1.54, 1.807) is 11.3 Å². The molecule has 0 spiro atoms. The van der Waals surface area contributed by atoms with Crippen LogP contribution in [-0.2, 0) is 11.2 Å². The van der Waals surface area contributed by atoms with Gasteiger partial charge >= 0.3 is 0 Å². The highest BCUT2D eigenvalue weighted by atomic mass is 32.1. The third kappa shape index (κ3) is 4.20. The molecule has 1 aromatic carbocycles. The molecule has 2 aromatic heterocycles. The van der Waals surface area contributed by atoms with Gasteiger partial charge in [0.05, 0.1) is 11.5 Å². The molecular formula is C17H17N3O3S. The van der Waals surface area contributed by atoms with Crippen LogP contribution in [0.2, 0.25) is 0 Å². The van der Waals surface area contributed by atoms with Crippen molar-refractivity contribution >= 4 is 22.9 Å². The van der Waals surface area contributed by atoms with Crippen LogP contribution in [0, 0.1) is 0 Å². The number of aryl methyl sites for hydroxylation is 1. The predicted molar refractivity (Wildman–Crippen MR) is 92.2 cm³/mol. The van der Waals surface area contributed by atoms with Crippen LogP contribution in [0.4, 0.5) is 5.69 Å². The first kappa shape index (κ1) is 16.2. The zero-order valence-electron chi connectivity index (χ0n) is 13.2. The van der Waals surface area contributed by atoms with E-state index in [-0.39, 0.29) is 12.3 Å². The lowest BCUT2D eigenvalue weighted by atomic mass is 10.2. The maximum Gasteiger partial charge on any atom is 0.227 e. The van der Waals surface area contributed by atoms with Crippen molar-refractivity contribution in [2.45, 2.75) is 19.8 Å². The van der Waals surface area contributed by atoms with E-state index >= 15 is 0 Å². The van der Waals surface area contributed by atoms with Crippen molar-refractivity contribution in [1.29, 1.82) is 0 Å². The van der Waals surface area contributed by atoms with Gasteiger partial charge in [-0.3, -0.25) is 4.79 Å². The molecule has 2 heterocycles. The Morgan fingerprint density at radius 1 is 1.29 bits per heavy atom. The van der Waals surface area contributed by atoms with Gasteiger partial charge in [0, 0.05) is 18.5 Å². The SMILES string of the molecule is CCOc1ccc(NC(=O)CCc2nc(-c3cccs3)no2)cc1. The Bertz CT molecular complexity index is 782. The van der Waals surface area contributed by atoms with Crippen LogP contribution >= 0.6 is 11.3 Å². The second-order valence-corrected chi connectivity index (χ2v) is 5.94. The van der Waals surface area contributed by atoms with E-state index < -0.39 is 0 Å². The summed E-state index contributed by atoms with van der Waals surface area (Å²) < 4.78 is 10.5. The zero-order chi connectivity index (χ0) is 16.8. The Balaban J connectivity index is 1.50. The van der Waals surface area contributed by atoms with Crippen molar-refractivity contribution in [3.05, 3.63) is 47.7 Å². The maximum absolute atomic E-state index is 12.0. The van der Waals surface area contributed by atoms with Gasteiger partial charge < -0.3 is 14.6 Å². The van der Waals surface area contributed by atoms with Crippen molar-refractivity contribution in [1.82, 2.24) is 10.1 Å². The highest BCUT2D eigenvalue weighted by Gasteiger charge is 2.11. The molecule has 3 aromatic rings. The Morgan fingerprint density at radius 3 is 2.83 bits per heavy atom. The quantitative estimate of drug-likeness (QED) is 0.706. The normalized spacial score (nSPS) is 10.5. The van der Waals surface area contributed by atoms with Crippen LogP contribution in [0.15, 0.2) is 46.3 Å². The second kappa shape index (κ2) is 7.74. The topological polar surface area (TPSA) is 77.2 Å². The summed E-state index contributed by atoms with van der Waals surface area (Å²) in [4.78, 5) is 17.2. The number of hydrogen-bond acceptors (Lipinski definition) is 6. The molecule has 7 heteroatoms. The number of hydrogen-bond donors (Lipinski definition) is 1. The van der Waals surface area contributed by atoms with Crippen molar-refractivity contribution in [3.63, 3.8) is 0 Å². The minimum atomic E-state index is -0.102. The van der Waals surface area contributed by atoms with Crippen LogP contribution < -0.4 is 10.1 Å². The number of carbonyl (C=O) groups excluding carboxylic acids is 1. The molecule has 0 saturated heterocycles. The molecule has 0 aliphatic heterocycles. The van der Waals surface area contributed by atoms with Gasteiger partial charge in [0.2, 0.25) is 17.6 Å². The van der Waals surface area contributed by atoms with E-state index in [0.29, 0.717) is 24.7 Å². The van der Waals surface area contributed by atoms with Gasteiger partial charge in [-0.2, -0.15) is 4.98 Å². The number of aromatic nitrogens is 2. The Kier molecular flexibility index (Phi) is 5.22. The summed E-state index contributed by atoms with van der Waals surface area (Å²) in [5, 5.41) is 8.71. The largest absolute Gasteiger partial charge is 0.494 e. The first-order chi connectivity index (χ1) is 11.7. The van der Waals surface area contributed by atoms with Crippen LogP contribution in [0.25, 0.3) is 10.7 Å². The fourth-order valence-corrected chi connectivity index (χ4v) is 2.76. The molecule has 0 fully saturated rings. The highest BCUT2D eigenvalue weighted by Crippen LogP contribution is 2.21. The molecule has 6 nitrogen and oxygen atoms in total. The molecular weight excluding hydrogens is 326 g/mol. The maximum atomic E-state index is 12.0. The van der Waals surface area contributed by atoms with Gasteiger partial charge in [-0.1, -0.05) is 11.2 Å². The third-order valence-corrected chi connectivity index (χ3v) is 4.09. The Hall–Kier alpha value is -2.67. The van der Waals surface area contributed by atoms with Gasteiger partial charge in [0.15, 0.2) is 0 Å². The first-order valence-electron chi connectivity index (χ1n) is 7.64. The number of ether oxygens (including phenoxy) is 1. The molecule has 0 bridgehead atoms. The summed E-state index contributed by atoms with van der Waals surface area (Å²) in [5.74, 6) is 1.70. The zero-order valence-corrected chi connectivity index (χ0v) is 14.0. The summed E-state index contributed by atoms with van der Waals surface area (Å²) >= 11 is 1.55. The van der Waals surface area contributed by atoms with Crippen LogP contribution in [0.1, 0.15) is 19.2 Å². The molecule has 0 aliphatic rings. The van der Waals surface area contributed by atoms with Crippen molar-refractivity contribution in [2.24, 2.45) is 0 Å². The summed E-state index contributed by atoms with van der Waals surface area (Å²) in [6.07, 6.45) is 0.681. The molecule has 0 unspecified atom stereocenters. The fraction of sp³-hybridized carbons (Fsp3) is 0.235. The average molecular weight is 343 g/mol. The summed E-state index contributed by atoms with van der Waals surface area (Å²) in [6.45, 7) is 2.54. The standard InChI is InChI=1S/C17H17N3O3S/c1-2-22-13-7-5-12(6-8-13)18-15(21)9-10-16-19-17(20-23-16)14-4-3-11-24-14/h3-8,11H,2,9-10H2,1H3,(H,18,21). The number of carbonyl (C=O) groups is 1. The fourth-order valence-electron chi connectivity index (χ4n) is 2.11. The van der Waals surface area contributed by atoms with E-state index in [0.717, 1.165) is 16.3 Å². The number of anilines is 1. The Labute approximate surface area is 143 Å². The van der Waals surface area contributed by atoms with Crippen molar-refractivity contribution < 1.29 is 14.1 Å². The minimum absolute atomic E-state index is 0.102. The highest BCUT2D eigenvalue weighted by molar-refractivity contribution is 7.13. The van der Waals surface area contributed by atoms with E-state index in [2.05, 4.69) is 15.5 Å². The van der Waals surface area contributed by atoms with Crippen molar-refractivity contribution in [2.75, 3.05) is 11.9 Å². The molecule has 0 saturated carbocycles. The number of amides is 1. The van der Waals surface area contributed by atoms with Gasteiger partial charge in [0.25, 0.3) is 0 Å². The predicted octanol–water partition coefficient (Wildman–Crippen LogP) is 3.77. The molecule has 0 aliphatic carbocycles. The van der Waals surface area contributed by atoms with E-state index in [4.69, 9.17) is 9.26 Å². The van der Waals surface area contributed by atoms with Crippen molar-refractivity contribution in [3.8, 4) is 16.5 Å². The van der Waals surface area contributed by atoms with Gasteiger partial charge in [-0.15, -0.1) is 11.3 Å². The lowest BCUT2D eigenvalue weighted by Gasteiger charge is -2.06. The van der Waals surface area contributed by atoms with Crippen LogP contribution in [0.3, 0.4) is 0 Å². The second-order valence-electron chi connectivity index (χ2n) is 4.99. The molecule has 0 atom stereocenters. The van der Waals surface area contributed by atoms with E-state index in [1.807, 2.05) is 48.7 Å². The Morgan fingerprint density at radius 2 is 2.12 bits per heavy atom. The van der Waals surface area contributed by atoms with Crippen LogP contribution in [-0.4, -0.2) is 22.7 Å². The van der Waals surface area contributed by atoms with Crippen LogP contribution in [0.5, 0.6) is 5.75 Å². The summed E-state index contributed by atoms with van der Waals surface area (Å²) in [7, 11) is 0. The van der Waals surface area contributed by atoms with Gasteiger partial charge in [0.1, 0.15) is 5.75 Å².